The van der Waals surface area contributed by atoms with Gasteiger partial charge < -0.3 is 18.9 Å². The molecule has 2 aliphatic rings. The van der Waals surface area contributed by atoms with Crippen molar-refractivity contribution in [2.24, 2.45) is 11.8 Å². The second-order valence-corrected chi connectivity index (χ2v) is 5.87. The predicted octanol–water partition coefficient (Wildman–Crippen LogP) is 3.05. The van der Waals surface area contributed by atoms with Crippen molar-refractivity contribution in [1.29, 1.82) is 0 Å². The summed E-state index contributed by atoms with van der Waals surface area (Å²) in [5.74, 6) is 0.938. The molecule has 0 N–H and O–H groups in total. The first-order chi connectivity index (χ1) is 9.72. The Hall–Kier alpha value is -0.940. The zero-order valence-corrected chi connectivity index (χ0v) is 12.1. The van der Waals surface area contributed by atoms with E-state index in [4.69, 9.17) is 18.9 Å². The van der Waals surface area contributed by atoms with Crippen molar-refractivity contribution in [1.82, 2.24) is 0 Å². The summed E-state index contributed by atoms with van der Waals surface area (Å²) in [6.45, 7) is 7.24. The van der Waals surface area contributed by atoms with E-state index in [1.165, 1.54) is 0 Å². The Balaban J connectivity index is 1.62. The van der Waals surface area contributed by atoms with Gasteiger partial charge in [-0.05, 0) is 0 Å². The van der Waals surface area contributed by atoms with Gasteiger partial charge >= 0.3 is 0 Å². The van der Waals surface area contributed by atoms with Crippen molar-refractivity contribution in [3.63, 3.8) is 0 Å². The molecule has 0 aromatic heterocycles. The van der Waals surface area contributed by atoms with Gasteiger partial charge in [0.1, 0.15) is 0 Å². The average Bonchev–Trinajstić information content (AvgIpc) is 2.49. The topological polar surface area (TPSA) is 36.9 Å². The molecule has 0 aliphatic carbocycles. The van der Waals surface area contributed by atoms with Gasteiger partial charge in [0.15, 0.2) is 12.6 Å². The van der Waals surface area contributed by atoms with Crippen molar-refractivity contribution in [2.75, 3.05) is 26.4 Å². The van der Waals surface area contributed by atoms with Crippen molar-refractivity contribution >= 4 is 0 Å². The molecular formula is C16H22O4. The summed E-state index contributed by atoms with van der Waals surface area (Å²) in [6, 6.07) is 8.11. The third kappa shape index (κ3) is 3.20. The standard InChI is InChI=1S/C16H22O4/c1-11-7-17-15(18-8-11)13-3-5-14(6-4-13)16-19-9-12(2)10-20-16/h3-6,11-12,15-16H,7-10H2,1-2H3. The van der Waals surface area contributed by atoms with Gasteiger partial charge in [0, 0.05) is 23.0 Å². The summed E-state index contributed by atoms with van der Waals surface area (Å²) in [7, 11) is 0. The highest BCUT2D eigenvalue weighted by molar-refractivity contribution is 5.24. The van der Waals surface area contributed by atoms with E-state index in [1.54, 1.807) is 0 Å². The van der Waals surface area contributed by atoms with E-state index in [9.17, 15) is 0 Å². The fourth-order valence-corrected chi connectivity index (χ4v) is 2.39. The van der Waals surface area contributed by atoms with Crippen LogP contribution in [0.15, 0.2) is 24.3 Å². The van der Waals surface area contributed by atoms with Crippen LogP contribution in [0.3, 0.4) is 0 Å². The second kappa shape index (κ2) is 6.22. The van der Waals surface area contributed by atoms with Gasteiger partial charge in [-0.3, -0.25) is 0 Å². The maximum absolute atomic E-state index is 5.69. The van der Waals surface area contributed by atoms with Crippen LogP contribution in [0.25, 0.3) is 0 Å². The van der Waals surface area contributed by atoms with Crippen LogP contribution < -0.4 is 0 Å². The van der Waals surface area contributed by atoms with Crippen molar-refractivity contribution < 1.29 is 18.9 Å². The lowest BCUT2D eigenvalue weighted by molar-refractivity contribution is -0.203. The number of rotatable bonds is 2. The summed E-state index contributed by atoms with van der Waals surface area (Å²) < 4.78 is 22.8. The Kier molecular flexibility index (Phi) is 4.36. The molecule has 4 nitrogen and oxygen atoms in total. The van der Waals surface area contributed by atoms with Gasteiger partial charge in [0.25, 0.3) is 0 Å². The minimum Gasteiger partial charge on any atom is -0.348 e. The smallest absolute Gasteiger partial charge is 0.183 e. The van der Waals surface area contributed by atoms with Crippen LogP contribution >= 0.6 is 0 Å². The van der Waals surface area contributed by atoms with Crippen LogP contribution in [0.2, 0.25) is 0 Å². The Morgan fingerprint density at radius 2 is 0.950 bits per heavy atom. The van der Waals surface area contributed by atoms with E-state index in [1.807, 2.05) is 24.3 Å². The first-order valence-electron chi connectivity index (χ1n) is 7.28. The Labute approximate surface area is 120 Å². The average molecular weight is 278 g/mol. The molecule has 20 heavy (non-hydrogen) atoms. The molecule has 110 valence electrons. The normalized spacial score (nSPS) is 34.9. The van der Waals surface area contributed by atoms with Gasteiger partial charge in [-0.15, -0.1) is 0 Å². The third-order valence-electron chi connectivity index (χ3n) is 3.61. The van der Waals surface area contributed by atoms with Gasteiger partial charge in [0.2, 0.25) is 0 Å². The summed E-state index contributed by atoms with van der Waals surface area (Å²) in [5.41, 5.74) is 2.09. The van der Waals surface area contributed by atoms with Crippen LogP contribution in [0, 0.1) is 11.8 Å². The van der Waals surface area contributed by atoms with E-state index >= 15 is 0 Å². The first kappa shape index (κ1) is 14.0. The number of ether oxygens (including phenoxy) is 4. The molecule has 0 atom stereocenters. The highest BCUT2D eigenvalue weighted by Gasteiger charge is 2.23. The molecule has 0 amide bonds. The highest BCUT2D eigenvalue weighted by atomic mass is 16.7. The fraction of sp³-hybridized carbons (Fsp3) is 0.625. The maximum Gasteiger partial charge on any atom is 0.183 e. The molecule has 4 heteroatoms. The predicted molar refractivity (Wildman–Crippen MR) is 74.1 cm³/mol. The molecule has 0 radical (unpaired) electrons. The van der Waals surface area contributed by atoms with E-state index in [2.05, 4.69) is 13.8 Å². The first-order valence-corrected chi connectivity index (χ1v) is 7.28. The Morgan fingerprint density at radius 3 is 1.25 bits per heavy atom. The van der Waals surface area contributed by atoms with E-state index in [-0.39, 0.29) is 12.6 Å². The van der Waals surface area contributed by atoms with Crippen LogP contribution in [-0.4, -0.2) is 26.4 Å². The third-order valence-corrected chi connectivity index (χ3v) is 3.61. The number of hydrogen-bond acceptors (Lipinski definition) is 4. The summed E-state index contributed by atoms with van der Waals surface area (Å²) >= 11 is 0. The summed E-state index contributed by atoms with van der Waals surface area (Å²) in [6.07, 6.45) is -0.484. The molecule has 0 unspecified atom stereocenters. The summed E-state index contributed by atoms with van der Waals surface area (Å²) in [5, 5.41) is 0. The quantitative estimate of drug-likeness (QED) is 0.833. The van der Waals surface area contributed by atoms with E-state index in [0.29, 0.717) is 11.8 Å². The lowest BCUT2D eigenvalue weighted by Crippen LogP contribution is -2.26. The van der Waals surface area contributed by atoms with E-state index in [0.717, 1.165) is 37.6 Å². The largest absolute Gasteiger partial charge is 0.348 e. The van der Waals surface area contributed by atoms with Crippen LogP contribution in [0.1, 0.15) is 37.6 Å². The van der Waals surface area contributed by atoms with Crippen molar-refractivity contribution in [3.05, 3.63) is 35.4 Å². The Morgan fingerprint density at radius 1 is 0.650 bits per heavy atom. The molecule has 2 fully saturated rings. The van der Waals surface area contributed by atoms with Gasteiger partial charge in [-0.1, -0.05) is 38.1 Å². The van der Waals surface area contributed by atoms with Crippen molar-refractivity contribution in [3.8, 4) is 0 Å². The van der Waals surface area contributed by atoms with Gasteiger partial charge in [-0.2, -0.15) is 0 Å². The molecule has 1 aromatic carbocycles. The minimum atomic E-state index is -0.242. The molecule has 2 heterocycles. The molecule has 2 aliphatic heterocycles. The van der Waals surface area contributed by atoms with Crippen LogP contribution in [-0.2, 0) is 18.9 Å². The van der Waals surface area contributed by atoms with Gasteiger partial charge in [0.05, 0.1) is 26.4 Å². The van der Waals surface area contributed by atoms with Crippen molar-refractivity contribution in [2.45, 2.75) is 26.4 Å². The monoisotopic (exact) mass is 278 g/mol. The van der Waals surface area contributed by atoms with Gasteiger partial charge in [-0.25, -0.2) is 0 Å². The number of benzene rings is 1. The lowest BCUT2D eigenvalue weighted by atomic mass is 10.1. The lowest BCUT2D eigenvalue weighted by Gasteiger charge is -2.29. The van der Waals surface area contributed by atoms with Crippen LogP contribution in [0.5, 0.6) is 0 Å². The van der Waals surface area contributed by atoms with E-state index < -0.39 is 0 Å². The minimum absolute atomic E-state index is 0.242. The molecule has 0 saturated carbocycles. The molecular weight excluding hydrogens is 256 g/mol. The maximum atomic E-state index is 5.69. The SMILES string of the molecule is CC1COC(c2ccc(C3OCC(C)CO3)cc2)OC1. The highest BCUT2D eigenvalue weighted by Crippen LogP contribution is 2.28. The molecule has 2 saturated heterocycles. The molecule has 3 rings (SSSR count). The molecule has 0 bridgehead atoms. The van der Waals surface area contributed by atoms with Crippen LogP contribution in [0.4, 0.5) is 0 Å². The molecule has 0 spiro atoms. The fourth-order valence-electron chi connectivity index (χ4n) is 2.39. The second-order valence-electron chi connectivity index (χ2n) is 5.87. The zero-order valence-electron chi connectivity index (χ0n) is 12.1. The summed E-state index contributed by atoms with van der Waals surface area (Å²) in [4.78, 5) is 0. The zero-order chi connectivity index (χ0) is 13.9. The molecule has 1 aromatic rings. The Bertz CT molecular complexity index is 374. The number of hydrogen-bond donors (Lipinski definition) is 0.